The second kappa shape index (κ2) is 3.92. The highest BCUT2D eigenvalue weighted by atomic mass is 16.5. The lowest BCUT2D eigenvalue weighted by Crippen LogP contribution is -1.94. The fourth-order valence-electron chi connectivity index (χ4n) is 1.23. The molecule has 2 aromatic rings. The molecule has 0 bridgehead atoms. The minimum atomic E-state index is 0.530. The van der Waals surface area contributed by atoms with E-state index in [1.165, 1.54) is 0 Å². The second-order valence-electron chi connectivity index (χ2n) is 3.14. The molecule has 0 atom stereocenters. The van der Waals surface area contributed by atoms with Crippen molar-refractivity contribution in [3.8, 4) is 11.5 Å². The summed E-state index contributed by atoms with van der Waals surface area (Å²) in [7, 11) is 0. The van der Waals surface area contributed by atoms with E-state index >= 15 is 0 Å². The number of nitrogens with two attached hydrogens (primary N) is 2. The van der Waals surface area contributed by atoms with Crippen molar-refractivity contribution in [1.82, 2.24) is 0 Å². The Morgan fingerprint density at radius 3 is 2.40 bits per heavy atom. The molecule has 2 rings (SSSR count). The van der Waals surface area contributed by atoms with Gasteiger partial charge in [0.2, 0.25) is 0 Å². The normalized spacial score (nSPS) is 9.87. The van der Waals surface area contributed by atoms with E-state index in [0.717, 1.165) is 5.75 Å². The summed E-state index contributed by atoms with van der Waals surface area (Å²) in [6.45, 7) is 0. The summed E-state index contributed by atoms with van der Waals surface area (Å²) >= 11 is 0. The van der Waals surface area contributed by atoms with E-state index in [-0.39, 0.29) is 0 Å². The van der Waals surface area contributed by atoms with Gasteiger partial charge in [0, 0.05) is 5.69 Å². The fraction of sp³-hybridized carbons (Fsp3) is 0. The monoisotopic (exact) mass is 199 g/mol. The fourth-order valence-corrected chi connectivity index (χ4v) is 1.23. The van der Waals surface area contributed by atoms with Crippen molar-refractivity contribution >= 4 is 11.4 Å². The molecule has 0 heterocycles. The first-order chi connectivity index (χ1) is 7.25. The largest absolute Gasteiger partial charge is 0.455 e. The number of rotatable bonds is 2. The quantitative estimate of drug-likeness (QED) is 0.730. The predicted octanol–water partition coefficient (Wildman–Crippen LogP) is 2.44. The van der Waals surface area contributed by atoms with Gasteiger partial charge in [-0.15, -0.1) is 0 Å². The van der Waals surface area contributed by atoms with Gasteiger partial charge in [-0.3, -0.25) is 0 Å². The molecule has 0 spiro atoms. The van der Waals surface area contributed by atoms with E-state index < -0.39 is 0 Å². The molecule has 15 heavy (non-hydrogen) atoms. The molecule has 0 unspecified atom stereocenters. The van der Waals surface area contributed by atoms with Gasteiger partial charge in [-0.25, -0.2) is 0 Å². The van der Waals surface area contributed by atoms with Crippen molar-refractivity contribution in [1.29, 1.82) is 0 Å². The van der Waals surface area contributed by atoms with Crippen molar-refractivity contribution in [3.05, 3.63) is 48.5 Å². The summed E-state index contributed by atoms with van der Waals surface area (Å²) in [6.07, 6.45) is 0. The van der Waals surface area contributed by atoms with Crippen molar-refractivity contribution in [2.45, 2.75) is 0 Å². The summed E-state index contributed by atoms with van der Waals surface area (Å²) < 4.78 is 5.56. The highest BCUT2D eigenvalue weighted by Crippen LogP contribution is 2.28. The molecule has 1 radical (unpaired) electrons. The van der Waals surface area contributed by atoms with Gasteiger partial charge in [-0.2, -0.15) is 0 Å². The van der Waals surface area contributed by atoms with E-state index in [1.807, 2.05) is 12.1 Å². The third kappa shape index (κ3) is 2.20. The van der Waals surface area contributed by atoms with E-state index in [9.17, 15) is 0 Å². The van der Waals surface area contributed by atoms with Gasteiger partial charge in [-0.1, -0.05) is 12.1 Å². The third-order valence-electron chi connectivity index (χ3n) is 1.95. The lowest BCUT2D eigenvalue weighted by Gasteiger charge is -2.08. The Labute approximate surface area is 88.3 Å². The van der Waals surface area contributed by atoms with E-state index in [2.05, 4.69) is 6.07 Å². The zero-order valence-corrected chi connectivity index (χ0v) is 8.10. The van der Waals surface area contributed by atoms with Crippen LogP contribution in [0.15, 0.2) is 42.5 Å². The first-order valence-electron chi connectivity index (χ1n) is 4.54. The number of hydrogen-bond acceptors (Lipinski definition) is 3. The van der Waals surface area contributed by atoms with Crippen LogP contribution in [-0.4, -0.2) is 0 Å². The molecule has 0 aromatic heterocycles. The summed E-state index contributed by atoms with van der Waals surface area (Å²) in [6, 6.07) is 15.3. The molecule has 3 heteroatoms. The van der Waals surface area contributed by atoms with E-state index in [0.29, 0.717) is 17.1 Å². The van der Waals surface area contributed by atoms with E-state index in [1.54, 1.807) is 30.3 Å². The highest BCUT2D eigenvalue weighted by molar-refractivity contribution is 5.61. The zero-order valence-electron chi connectivity index (χ0n) is 8.10. The van der Waals surface area contributed by atoms with Gasteiger partial charge in [0.05, 0.1) is 5.69 Å². The Bertz CT molecular complexity index is 454. The average molecular weight is 199 g/mol. The lowest BCUT2D eigenvalue weighted by atomic mass is 10.2. The Kier molecular flexibility index (Phi) is 2.46. The van der Waals surface area contributed by atoms with Crippen LogP contribution in [0.25, 0.3) is 0 Å². The number of nitrogen functional groups attached to an aromatic ring is 2. The van der Waals surface area contributed by atoms with E-state index in [4.69, 9.17) is 16.2 Å². The van der Waals surface area contributed by atoms with Crippen molar-refractivity contribution in [2.24, 2.45) is 0 Å². The maximum atomic E-state index is 5.76. The molecule has 0 fully saturated rings. The van der Waals surface area contributed by atoms with Crippen LogP contribution in [0.5, 0.6) is 11.5 Å². The molecule has 0 saturated heterocycles. The maximum absolute atomic E-state index is 5.76. The molecule has 2 aromatic carbocycles. The molecule has 0 amide bonds. The molecule has 4 N–H and O–H groups in total. The Morgan fingerprint density at radius 1 is 1.00 bits per heavy atom. The first kappa shape index (κ1) is 9.40. The maximum Gasteiger partial charge on any atom is 0.150 e. The molecule has 0 aliphatic carbocycles. The summed E-state index contributed by atoms with van der Waals surface area (Å²) in [5.74, 6) is 1.33. The second-order valence-corrected chi connectivity index (χ2v) is 3.14. The molecule has 0 aliphatic heterocycles. The Hall–Kier alpha value is -2.16. The zero-order chi connectivity index (χ0) is 10.7. The molecule has 75 valence electrons. The van der Waals surface area contributed by atoms with Crippen LogP contribution in [0, 0.1) is 6.07 Å². The Morgan fingerprint density at radius 2 is 1.73 bits per heavy atom. The van der Waals surface area contributed by atoms with Gasteiger partial charge >= 0.3 is 0 Å². The average Bonchev–Trinajstić information content (AvgIpc) is 2.24. The van der Waals surface area contributed by atoms with Crippen molar-refractivity contribution in [3.63, 3.8) is 0 Å². The standard InChI is InChI=1S/C12H11N2O/c13-9-6-7-12(11(14)8-9)15-10-4-2-1-3-5-10/h2-8H,13-14H2. The topological polar surface area (TPSA) is 61.3 Å². The van der Waals surface area contributed by atoms with Crippen LogP contribution < -0.4 is 16.2 Å². The summed E-state index contributed by atoms with van der Waals surface area (Å²) in [5.41, 5.74) is 12.5. The van der Waals surface area contributed by atoms with Crippen molar-refractivity contribution in [2.75, 3.05) is 11.5 Å². The molecule has 0 saturated carbocycles. The van der Waals surface area contributed by atoms with Gasteiger partial charge in [0.25, 0.3) is 0 Å². The number of hydrogen-bond donors (Lipinski definition) is 2. The molecular weight excluding hydrogens is 188 g/mol. The van der Waals surface area contributed by atoms with Crippen LogP contribution in [0.4, 0.5) is 11.4 Å². The van der Waals surface area contributed by atoms with Gasteiger partial charge in [-0.05, 0) is 36.4 Å². The molecular formula is C12H11N2O. The smallest absolute Gasteiger partial charge is 0.150 e. The van der Waals surface area contributed by atoms with Gasteiger partial charge in [0.15, 0.2) is 0 Å². The third-order valence-corrected chi connectivity index (χ3v) is 1.95. The minimum Gasteiger partial charge on any atom is -0.455 e. The molecule has 0 aliphatic rings. The number of anilines is 2. The van der Waals surface area contributed by atoms with Crippen molar-refractivity contribution < 1.29 is 4.74 Å². The molecule has 3 nitrogen and oxygen atoms in total. The van der Waals surface area contributed by atoms with Crippen LogP contribution >= 0.6 is 0 Å². The van der Waals surface area contributed by atoms with Crippen LogP contribution in [0.2, 0.25) is 0 Å². The first-order valence-corrected chi connectivity index (χ1v) is 4.54. The summed E-state index contributed by atoms with van der Waals surface area (Å²) in [4.78, 5) is 0. The van der Waals surface area contributed by atoms with Crippen LogP contribution in [0.1, 0.15) is 0 Å². The predicted molar refractivity (Wildman–Crippen MR) is 60.6 cm³/mol. The van der Waals surface area contributed by atoms with Crippen LogP contribution in [0.3, 0.4) is 0 Å². The summed E-state index contributed by atoms with van der Waals surface area (Å²) in [5, 5.41) is 0. The highest BCUT2D eigenvalue weighted by Gasteiger charge is 2.01. The van der Waals surface area contributed by atoms with Crippen LogP contribution in [-0.2, 0) is 0 Å². The number of benzene rings is 2. The minimum absolute atomic E-state index is 0.530. The lowest BCUT2D eigenvalue weighted by molar-refractivity contribution is 0.485. The van der Waals surface area contributed by atoms with Gasteiger partial charge < -0.3 is 16.2 Å². The Balaban J connectivity index is 2.25. The SMILES string of the molecule is Nc1ccc(Oc2cc[c]cc2)c(N)c1. The van der Waals surface area contributed by atoms with Gasteiger partial charge in [0.1, 0.15) is 11.5 Å². The number of ether oxygens (including phenoxy) is 1.